The fourth-order valence-corrected chi connectivity index (χ4v) is 3.22. The summed E-state index contributed by atoms with van der Waals surface area (Å²) >= 11 is 0. The number of anilines is 1. The van der Waals surface area contributed by atoms with Gasteiger partial charge in [-0.25, -0.2) is 0 Å². The van der Waals surface area contributed by atoms with E-state index in [9.17, 15) is 5.26 Å². The fraction of sp³-hybridized carbons (Fsp3) is 0.316. The lowest BCUT2D eigenvalue weighted by Gasteiger charge is -2.44. The van der Waals surface area contributed by atoms with Gasteiger partial charge in [-0.3, -0.25) is 0 Å². The van der Waals surface area contributed by atoms with Crippen LogP contribution in [0.1, 0.15) is 30.9 Å². The van der Waals surface area contributed by atoms with Crippen molar-refractivity contribution in [3.8, 4) is 6.07 Å². The van der Waals surface area contributed by atoms with Crippen molar-refractivity contribution in [2.45, 2.75) is 37.6 Å². The first-order valence-electron chi connectivity index (χ1n) is 7.58. The van der Waals surface area contributed by atoms with E-state index in [4.69, 9.17) is 0 Å². The fourth-order valence-electron chi connectivity index (χ4n) is 3.22. The van der Waals surface area contributed by atoms with Crippen molar-refractivity contribution in [1.29, 1.82) is 5.26 Å². The summed E-state index contributed by atoms with van der Waals surface area (Å²) in [5.41, 5.74) is 3.39. The standard InChI is InChI=1S/C19H20N2/c1-2-15-8-6-7-11-18(15)21-17-12-19(13-17,14-20)16-9-4-3-5-10-16/h3-11,17,21H,2,12-13H2,1H3. The molecule has 1 aliphatic rings. The summed E-state index contributed by atoms with van der Waals surface area (Å²) in [4.78, 5) is 0. The van der Waals surface area contributed by atoms with Gasteiger partial charge in [-0.2, -0.15) is 5.26 Å². The zero-order valence-corrected chi connectivity index (χ0v) is 12.3. The third-order valence-electron chi connectivity index (χ3n) is 4.49. The van der Waals surface area contributed by atoms with Crippen molar-refractivity contribution < 1.29 is 0 Å². The number of nitrogens with zero attached hydrogens (tertiary/aromatic N) is 1. The molecular formula is C19H20N2. The van der Waals surface area contributed by atoms with Crippen molar-refractivity contribution in [3.05, 3.63) is 65.7 Å². The molecule has 2 aromatic rings. The molecule has 21 heavy (non-hydrogen) atoms. The predicted octanol–water partition coefficient (Wildman–Crippen LogP) is 4.28. The molecule has 0 saturated heterocycles. The van der Waals surface area contributed by atoms with Gasteiger partial charge in [-0.15, -0.1) is 0 Å². The van der Waals surface area contributed by atoms with E-state index >= 15 is 0 Å². The van der Waals surface area contributed by atoms with Crippen LogP contribution in [0, 0.1) is 11.3 Å². The van der Waals surface area contributed by atoms with Gasteiger partial charge in [0.25, 0.3) is 0 Å². The van der Waals surface area contributed by atoms with Gasteiger partial charge in [0.05, 0.1) is 11.5 Å². The molecule has 0 amide bonds. The van der Waals surface area contributed by atoms with E-state index in [-0.39, 0.29) is 5.41 Å². The maximum Gasteiger partial charge on any atom is 0.0861 e. The maximum absolute atomic E-state index is 9.60. The van der Waals surface area contributed by atoms with Crippen LogP contribution in [-0.2, 0) is 11.8 Å². The Labute approximate surface area is 126 Å². The van der Waals surface area contributed by atoms with Crippen LogP contribution in [0.3, 0.4) is 0 Å². The van der Waals surface area contributed by atoms with Gasteiger partial charge in [-0.05, 0) is 36.5 Å². The molecular weight excluding hydrogens is 256 g/mol. The number of aryl methyl sites for hydroxylation is 1. The van der Waals surface area contributed by atoms with Gasteiger partial charge < -0.3 is 5.32 Å². The van der Waals surface area contributed by atoms with E-state index in [1.54, 1.807) is 0 Å². The Morgan fingerprint density at radius 1 is 1.10 bits per heavy atom. The van der Waals surface area contributed by atoms with Gasteiger partial charge in [0, 0.05) is 11.7 Å². The molecule has 0 radical (unpaired) electrons. The number of para-hydroxylation sites is 1. The van der Waals surface area contributed by atoms with Crippen LogP contribution in [0.15, 0.2) is 54.6 Å². The van der Waals surface area contributed by atoms with Crippen molar-refractivity contribution in [1.82, 2.24) is 0 Å². The first-order chi connectivity index (χ1) is 10.3. The van der Waals surface area contributed by atoms with E-state index < -0.39 is 0 Å². The smallest absolute Gasteiger partial charge is 0.0861 e. The summed E-state index contributed by atoms with van der Waals surface area (Å²) < 4.78 is 0. The second kappa shape index (κ2) is 5.61. The Kier molecular flexibility index (Phi) is 3.66. The topological polar surface area (TPSA) is 35.8 Å². The minimum Gasteiger partial charge on any atom is -0.382 e. The lowest BCUT2D eigenvalue weighted by molar-refractivity contribution is 0.289. The van der Waals surface area contributed by atoms with Crippen LogP contribution in [-0.4, -0.2) is 6.04 Å². The molecule has 106 valence electrons. The lowest BCUT2D eigenvalue weighted by atomic mass is 9.62. The first kappa shape index (κ1) is 13.7. The maximum atomic E-state index is 9.60. The van der Waals surface area contributed by atoms with Crippen LogP contribution < -0.4 is 5.32 Å². The molecule has 2 nitrogen and oxygen atoms in total. The van der Waals surface area contributed by atoms with Crippen molar-refractivity contribution in [2.75, 3.05) is 5.32 Å². The van der Waals surface area contributed by atoms with Crippen LogP contribution >= 0.6 is 0 Å². The Bertz CT molecular complexity index is 649. The average Bonchev–Trinajstić information content (AvgIpc) is 2.52. The highest BCUT2D eigenvalue weighted by atomic mass is 14.9. The minimum atomic E-state index is -0.305. The lowest BCUT2D eigenvalue weighted by Crippen LogP contribution is -2.47. The van der Waals surface area contributed by atoms with Crippen LogP contribution in [0.2, 0.25) is 0 Å². The third kappa shape index (κ3) is 2.52. The van der Waals surface area contributed by atoms with Crippen LogP contribution in [0.25, 0.3) is 0 Å². The number of hydrogen-bond donors (Lipinski definition) is 1. The number of rotatable bonds is 4. The Morgan fingerprint density at radius 3 is 2.43 bits per heavy atom. The number of nitriles is 1. The molecule has 2 aromatic carbocycles. The highest BCUT2D eigenvalue weighted by molar-refractivity contribution is 5.53. The van der Waals surface area contributed by atoms with E-state index in [1.165, 1.54) is 11.3 Å². The second-order valence-electron chi connectivity index (χ2n) is 5.82. The molecule has 0 aromatic heterocycles. The molecule has 1 N–H and O–H groups in total. The van der Waals surface area contributed by atoms with Crippen LogP contribution in [0.5, 0.6) is 0 Å². The predicted molar refractivity (Wildman–Crippen MR) is 86.2 cm³/mol. The summed E-state index contributed by atoms with van der Waals surface area (Å²) in [7, 11) is 0. The summed E-state index contributed by atoms with van der Waals surface area (Å²) in [5.74, 6) is 0. The highest BCUT2D eigenvalue weighted by Gasteiger charge is 2.46. The molecule has 1 fully saturated rings. The Balaban J connectivity index is 1.72. The summed E-state index contributed by atoms with van der Waals surface area (Å²) in [6.45, 7) is 2.17. The summed E-state index contributed by atoms with van der Waals surface area (Å²) in [6.07, 6.45) is 2.79. The van der Waals surface area contributed by atoms with E-state index in [1.807, 2.05) is 18.2 Å². The van der Waals surface area contributed by atoms with Crippen molar-refractivity contribution in [2.24, 2.45) is 0 Å². The first-order valence-corrected chi connectivity index (χ1v) is 7.58. The van der Waals surface area contributed by atoms with Crippen LogP contribution in [0.4, 0.5) is 5.69 Å². The van der Waals surface area contributed by atoms with Crippen molar-refractivity contribution in [3.63, 3.8) is 0 Å². The number of nitrogens with one attached hydrogen (secondary N) is 1. The normalized spacial score (nSPS) is 23.9. The van der Waals surface area contributed by atoms with Gasteiger partial charge >= 0.3 is 0 Å². The van der Waals surface area contributed by atoms with Gasteiger partial charge in [-0.1, -0.05) is 55.5 Å². The minimum absolute atomic E-state index is 0.305. The molecule has 0 unspecified atom stereocenters. The third-order valence-corrected chi connectivity index (χ3v) is 4.49. The molecule has 1 aliphatic carbocycles. The monoisotopic (exact) mass is 276 g/mol. The van der Waals surface area contributed by atoms with Crippen molar-refractivity contribution >= 4 is 5.69 Å². The van der Waals surface area contributed by atoms with Gasteiger partial charge in [0.15, 0.2) is 0 Å². The van der Waals surface area contributed by atoms with E-state index in [2.05, 4.69) is 54.7 Å². The Morgan fingerprint density at radius 2 is 1.76 bits per heavy atom. The molecule has 0 heterocycles. The molecule has 2 heteroatoms. The second-order valence-corrected chi connectivity index (χ2v) is 5.82. The quantitative estimate of drug-likeness (QED) is 0.904. The molecule has 3 rings (SSSR count). The zero-order chi connectivity index (χ0) is 14.7. The number of benzene rings is 2. The Hall–Kier alpha value is -2.27. The largest absolute Gasteiger partial charge is 0.382 e. The molecule has 0 aliphatic heterocycles. The van der Waals surface area contributed by atoms with Gasteiger partial charge in [0.1, 0.15) is 0 Å². The average molecular weight is 276 g/mol. The summed E-state index contributed by atoms with van der Waals surface area (Å²) in [6, 6.07) is 21.5. The van der Waals surface area contributed by atoms with E-state index in [0.29, 0.717) is 6.04 Å². The van der Waals surface area contributed by atoms with Gasteiger partial charge in [0.2, 0.25) is 0 Å². The van der Waals surface area contributed by atoms with E-state index in [0.717, 1.165) is 24.8 Å². The SMILES string of the molecule is CCc1ccccc1NC1CC(C#N)(c2ccccc2)C1. The molecule has 1 saturated carbocycles. The molecule has 0 spiro atoms. The molecule has 0 bridgehead atoms. The highest BCUT2D eigenvalue weighted by Crippen LogP contribution is 2.44. The number of hydrogen-bond acceptors (Lipinski definition) is 2. The summed E-state index contributed by atoms with van der Waals surface area (Å²) in [5, 5.41) is 13.2. The molecule has 0 atom stereocenters. The zero-order valence-electron chi connectivity index (χ0n) is 12.3.